The Hall–Kier alpha value is -0.120. The molecule has 3 nitrogen and oxygen atoms in total. The van der Waals surface area contributed by atoms with Gasteiger partial charge in [0, 0.05) is 18.7 Å². The first-order chi connectivity index (χ1) is 8.14. The lowest BCUT2D eigenvalue weighted by Gasteiger charge is -2.46. The van der Waals surface area contributed by atoms with Gasteiger partial charge in [0.2, 0.25) is 0 Å². The molecule has 0 amide bonds. The fourth-order valence-electron chi connectivity index (χ4n) is 3.19. The minimum atomic E-state index is 0.247. The molecule has 3 heteroatoms. The molecule has 2 atom stereocenters. The summed E-state index contributed by atoms with van der Waals surface area (Å²) in [4.78, 5) is 2.49. The molecule has 2 unspecified atom stereocenters. The Morgan fingerprint density at radius 2 is 2.12 bits per heavy atom. The third-order valence-corrected chi connectivity index (χ3v) is 4.41. The largest absolute Gasteiger partial charge is 0.396 e. The van der Waals surface area contributed by atoms with Crippen LogP contribution in [0.1, 0.15) is 51.9 Å². The Morgan fingerprint density at radius 1 is 1.35 bits per heavy atom. The summed E-state index contributed by atoms with van der Waals surface area (Å²) >= 11 is 0. The van der Waals surface area contributed by atoms with Crippen LogP contribution < -0.4 is 5.73 Å². The molecule has 0 radical (unpaired) electrons. The van der Waals surface area contributed by atoms with E-state index in [0.29, 0.717) is 6.61 Å². The summed E-state index contributed by atoms with van der Waals surface area (Å²) in [5.74, 6) is 0.812. The molecule has 3 N–H and O–H groups in total. The topological polar surface area (TPSA) is 49.5 Å². The van der Waals surface area contributed by atoms with Crippen molar-refractivity contribution in [3.05, 3.63) is 0 Å². The predicted molar refractivity (Wildman–Crippen MR) is 73.0 cm³/mol. The molecule has 1 rings (SSSR count). The Morgan fingerprint density at radius 3 is 2.71 bits per heavy atom. The Balaban J connectivity index is 2.41. The molecule has 0 aromatic carbocycles. The Labute approximate surface area is 106 Å². The maximum Gasteiger partial charge on any atom is 0.0431 e. The minimum absolute atomic E-state index is 0.247. The van der Waals surface area contributed by atoms with E-state index in [1.165, 1.54) is 32.1 Å². The van der Waals surface area contributed by atoms with Crippen molar-refractivity contribution in [1.29, 1.82) is 0 Å². The van der Waals surface area contributed by atoms with Crippen LogP contribution in [0, 0.1) is 5.92 Å². The minimum Gasteiger partial charge on any atom is -0.396 e. The van der Waals surface area contributed by atoms with Crippen molar-refractivity contribution in [3.63, 3.8) is 0 Å². The van der Waals surface area contributed by atoms with E-state index in [-0.39, 0.29) is 5.54 Å². The van der Waals surface area contributed by atoms with Gasteiger partial charge in [-0.3, -0.25) is 4.90 Å². The third-order valence-electron chi connectivity index (χ3n) is 4.41. The first-order valence-corrected chi connectivity index (χ1v) is 7.17. The molecule has 0 aromatic rings. The molecule has 0 bridgehead atoms. The first-order valence-electron chi connectivity index (χ1n) is 7.17. The van der Waals surface area contributed by atoms with E-state index >= 15 is 0 Å². The van der Waals surface area contributed by atoms with E-state index in [9.17, 15) is 0 Å². The number of hydrogen-bond acceptors (Lipinski definition) is 3. The van der Waals surface area contributed by atoms with Crippen LogP contribution >= 0.6 is 0 Å². The van der Waals surface area contributed by atoms with Gasteiger partial charge in [-0.2, -0.15) is 0 Å². The molecule has 102 valence electrons. The molecule has 1 aliphatic carbocycles. The van der Waals surface area contributed by atoms with Crippen LogP contribution in [0.4, 0.5) is 0 Å². The second-order valence-corrected chi connectivity index (χ2v) is 5.84. The number of hydrogen-bond donors (Lipinski definition) is 2. The lowest BCUT2D eigenvalue weighted by atomic mass is 9.75. The number of aliphatic hydroxyl groups is 1. The number of nitrogens with zero attached hydrogens (tertiary/aromatic N) is 1. The van der Waals surface area contributed by atoms with Crippen molar-refractivity contribution in [2.24, 2.45) is 11.7 Å². The zero-order valence-electron chi connectivity index (χ0n) is 11.6. The SMILES string of the molecule is CC1CCCC(CN)(N(C)CCCCCO)C1. The van der Waals surface area contributed by atoms with Crippen LogP contribution in [0.5, 0.6) is 0 Å². The standard InChI is InChI=1S/C14H30N2O/c1-13-7-6-8-14(11-13,12-15)16(2)9-4-3-5-10-17/h13,17H,3-12,15H2,1-2H3. The second kappa shape index (κ2) is 7.34. The highest BCUT2D eigenvalue weighted by Gasteiger charge is 2.36. The predicted octanol–water partition coefficient (Wildman–Crippen LogP) is 1.99. The van der Waals surface area contributed by atoms with Crippen LogP contribution in [-0.2, 0) is 0 Å². The molecular formula is C14H30N2O. The zero-order chi connectivity index (χ0) is 12.7. The van der Waals surface area contributed by atoms with Gasteiger partial charge in [-0.1, -0.05) is 19.8 Å². The molecule has 0 spiro atoms. The number of nitrogens with two attached hydrogens (primary N) is 1. The number of rotatable bonds is 7. The molecule has 1 fully saturated rings. The van der Waals surface area contributed by atoms with E-state index < -0.39 is 0 Å². The number of likely N-dealkylation sites (N-methyl/N-ethyl adjacent to an activating group) is 1. The van der Waals surface area contributed by atoms with E-state index in [1.54, 1.807) is 0 Å². The van der Waals surface area contributed by atoms with Crippen LogP contribution in [0.15, 0.2) is 0 Å². The van der Waals surface area contributed by atoms with E-state index in [2.05, 4.69) is 18.9 Å². The van der Waals surface area contributed by atoms with Crippen molar-refractivity contribution in [2.45, 2.75) is 57.4 Å². The van der Waals surface area contributed by atoms with Crippen molar-refractivity contribution < 1.29 is 5.11 Å². The molecule has 0 aromatic heterocycles. The zero-order valence-corrected chi connectivity index (χ0v) is 11.6. The van der Waals surface area contributed by atoms with Gasteiger partial charge in [0.25, 0.3) is 0 Å². The van der Waals surface area contributed by atoms with Gasteiger partial charge in [-0.25, -0.2) is 0 Å². The highest BCUT2D eigenvalue weighted by atomic mass is 16.2. The Bertz CT molecular complexity index is 210. The van der Waals surface area contributed by atoms with Gasteiger partial charge < -0.3 is 10.8 Å². The van der Waals surface area contributed by atoms with E-state index in [1.807, 2.05) is 0 Å². The number of aliphatic hydroxyl groups excluding tert-OH is 1. The summed E-state index contributed by atoms with van der Waals surface area (Å²) < 4.78 is 0. The lowest BCUT2D eigenvalue weighted by Crippen LogP contribution is -2.54. The van der Waals surface area contributed by atoms with Crippen LogP contribution in [0.3, 0.4) is 0 Å². The molecule has 1 saturated carbocycles. The molecule has 1 aliphatic rings. The van der Waals surface area contributed by atoms with Crippen LogP contribution in [0.25, 0.3) is 0 Å². The van der Waals surface area contributed by atoms with Crippen molar-refractivity contribution in [2.75, 3.05) is 26.7 Å². The summed E-state index contributed by atoms with van der Waals surface area (Å²) in [6.07, 6.45) is 8.41. The van der Waals surface area contributed by atoms with Crippen molar-refractivity contribution >= 4 is 0 Å². The first kappa shape index (κ1) is 14.9. The monoisotopic (exact) mass is 242 g/mol. The fraction of sp³-hybridized carbons (Fsp3) is 1.00. The van der Waals surface area contributed by atoms with Gasteiger partial charge in [0.15, 0.2) is 0 Å². The molecule has 0 aliphatic heterocycles. The van der Waals surface area contributed by atoms with Crippen molar-refractivity contribution in [3.8, 4) is 0 Å². The van der Waals surface area contributed by atoms with Crippen LogP contribution in [-0.4, -0.2) is 42.3 Å². The quantitative estimate of drug-likeness (QED) is 0.671. The van der Waals surface area contributed by atoms with E-state index in [4.69, 9.17) is 10.8 Å². The second-order valence-electron chi connectivity index (χ2n) is 5.84. The highest BCUT2D eigenvalue weighted by molar-refractivity contribution is 4.94. The van der Waals surface area contributed by atoms with Gasteiger partial charge >= 0.3 is 0 Å². The summed E-state index contributed by atoms with van der Waals surface area (Å²) in [7, 11) is 2.23. The third kappa shape index (κ3) is 4.23. The average molecular weight is 242 g/mol. The summed E-state index contributed by atoms with van der Waals surface area (Å²) in [5, 5.41) is 8.78. The van der Waals surface area contributed by atoms with Crippen molar-refractivity contribution in [1.82, 2.24) is 4.90 Å². The van der Waals surface area contributed by atoms with Gasteiger partial charge in [0.05, 0.1) is 0 Å². The van der Waals surface area contributed by atoms with Crippen LogP contribution in [0.2, 0.25) is 0 Å². The molecular weight excluding hydrogens is 212 g/mol. The van der Waals surface area contributed by atoms with Gasteiger partial charge in [-0.15, -0.1) is 0 Å². The summed E-state index contributed by atoms with van der Waals surface area (Å²) in [5.41, 5.74) is 6.30. The van der Waals surface area contributed by atoms with Gasteiger partial charge in [-0.05, 0) is 51.6 Å². The Kier molecular flexibility index (Phi) is 6.45. The molecule has 0 saturated heterocycles. The van der Waals surface area contributed by atoms with E-state index in [0.717, 1.165) is 31.8 Å². The maximum atomic E-state index is 8.78. The fourth-order valence-corrected chi connectivity index (χ4v) is 3.19. The highest BCUT2D eigenvalue weighted by Crippen LogP contribution is 2.35. The molecule has 0 heterocycles. The van der Waals surface area contributed by atoms with Gasteiger partial charge in [0.1, 0.15) is 0 Å². The number of unbranched alkanes of at least 4 members (excludes halogenated alkanes) is 2. The smallest absolute Gasteiger partial charge is 0.0431 e. The lowest BCUT2D eigenvalue weighted by molar-refractivity contribution is 0.0599. The normalized spacial score (nSPS) is 29.8. The average Bonchev–Trinajstić information content (AvgIpc) is 2.34. The summed E-state index contributed by atoms with van der Waals surface area (Å²) in [6, 6.07) is 0. The maximum absolute atomic E-state index is 8.78. The molecule has 17 heavy (non-hydrogen) atoms. The summed E-state index contributed by atoms with van der Waals surface area (Å²) in [6.45, 7) is 4.57.